The van der Waals surface area contributed by atoms with Gasteiger partial charge in [-0.3, -0.25) is 14.4 Å². The second-order valence-electron chi connectivity index (χ2n) is 16.8. The second kappa shape index (κ2) is 18.0. The van der Waals surface area contributed by atoms with E-state index in [0.717, 1.165) is 56.9 Å². The van der Waals surface area contributed by atoms with Gasteiger partial charge < -0.3 is 35.0 Å². The molecule has 3 amide bonds. The van der Waals surface area contributed by atoms with Gasteiger partial charge in [-0.2, -0.15) is 0 Å². The van der Waals surface area contributed by atoms with Crippen molar-refractivity contribution < 1.29 is 29.0 Å². The number of carbonyl (C=O) groups is 3. The number of thiazole rings is 2. The summed E-state index contributed by atoms with van der Waals surface area (Å²) in [6.07, 6.45) is 0.732. The fourth-order valence-corrected chi connectivity index (χ4v) is 8.94. The molecule has 12 nitrogen and oxygen atoms in total. The molecular weight excluding hydrogens is 761 g/mol. The normalized spacial score (nSPS) is 19.2. The number of rotatable bonds is 14. The molecule has 2 aromatic carbocycles. The second-order valence-corrected chi connectivity index (χ2v) is 18.4. The van der Waals surface area contributed by atoms with E-state index in [9.17, 15) is 19.5 Å². The average Bonchev–Trinajstić information content (AvgIpc) is 3.93. The van der Waals surface area contributed by atoms with Gasteiger partial charge in [0.05, 0.1) is 52.7 Å². The fourth-order valence-electron chi connectivity index (χ4n) is 7.27. The highest BCUT2D eigenvalue weighted by Crippen LogP contribution is 2.32. The molecule has 2 aliphatic heterocycles. The van der Waals surface area contributed by atoms with Gasteiger partial charge in [-0.15, -0.1) is 22.7 Å². The van der Waals surface area contributed by atoms with E-state index in [2.05, 4.69) is 39.7 Å². The van der Waals surface area contributed by atoms with Gasteiger partial charge in [0.25, 0.3) is 0 Å². The van der Waals surface area contributed by atoms with Crippen molar-refractivity contribution in [3.8, 4) is 27.4 Å². The van der Waals surface area contributed by atoms with E-state index in [1.165, 1.54) is 4.90 Å². The Morgan fingerprint density at radius 3 is 2.42 bits per heavy atom. The van der Waals surface area contributed by atoms with Crippen molar-refractivity contribution in [2.45, 2.75) is 104 Å². The Hall–Kier alpha value is -4.37. The number of aromatic nitrogens is 2. The minimum absolute atomic E-state index is 0.0205. The predicted molar refractivity (Wildman–Crippen MR) is 225 cm³/mol. The first-order valence-electron chi connectivity index (χ1n) is 19.7. The van der Waals surface area contributed by atoms with Crippen LogP contribution in [0.4, 0.5) is 5.13 Å². The van der Waals surface area contributed by atoms with Crippen molar-refractivity contribution in [1.82, 2.24) is 25.5 Å². The van der Waals surface area contributed by atoms with Gasteiger partial charge in [-0.25, -0.2) is 9.97 Å². The highest BCUT2D eigenvalue weighted by molar-refractivity contribution is 7.14. The van der Waals surface area contributed by atoms with Crippen LogP contribution < -0.4 is 20.3 Å². The quantitative estimate of drug-likeness (QED) is 0.117. The summed E-state index contributed by atoms with van der Waals surface area (Å²) in [4.78, 5) is 54.9. The molecule has 2 saturated heterocycles. The van der Waals surface area contributed by atoms with Crippen molar-refractivity contribution in [2.24, 2.45) is 5.41 Å². The molecule has 4 aromatic rings. The van der Waals surface area contributed by atoms with Crippen molar-refractivity contribution in [3.63, 3.8) is 0 Å². The number of β-amino-alcohol motifs (C(OH)–C–C–N with tert-alkyl or cyclic N) is 1. The fraction of sp³-hybridized carbons (Fsp3) is 0.512. The molecule has 2 aromatic heterocycles. The molecule has 4 heterocycles. The molecule has 2 aliphatic rings. The number of aliphatic hydroxyl groups is 1. The van der Waals surface area contributed by atoms with E-state index >= 15 is 0 Å². The summed E-state index contributed by atoms with van der Waals surface area (Å²) in [5, 5.41) is 19.7. The smallest absolute Gasteiger partial charge is 0.246 e. The van der Waals surface area contributed by atoms with Crippen LogP contribution in [0.1, 0.15) is 84.5 Å². The summed E-state index contributed by atoms with van der Waals surface area (Å²) in [6.45, 7) is 16.5. The minimum Gasteiger partial charge on any atom is -0.494 e. The number of benzene rings is 2. The Morgan fingerprint density at radius 1 is 1.04 bits per heavy atom. The van der Waals surface area contributed by atoms with E-state index < -0.39 is 23.6 Å². The number of anilines is 1. The lowest BCUT2D eigenvalue weighted by molar-refractivity contribution is -0.144. The molecule has 0 radical (unpaired) electrons. The molecule has 2 fully saturated rings. The highest BCUT2D eigenvalue weighted by Gasteiger charge is 2.44. The highest BCUT2D eigenvalue weighted by atomic mass is 32.1. The maximum atomic E-state index is 14.1. The van der Waals surface area contributed by atoms with Crippen molar-refractivity contribution in [3.05, 3.63) is 70.7 Å². The third kappa shape index (κ3) is 10.8. The van der Waals surface area contributed by atoms with Gasteiger partial charge >= 0.3 is 0 Å². The van der Waals surface area contributed by atoms with Crippen molar-refractivity contribution >= 4 is 45.5 Å². The first kappa shape index (κ1) is 42.2. The van der Waals surface area contributed by atoms with Crippen LogP contribution in [0.15, 0.2) is 59.4 Å². The standard InChI is InChI=1S/C43H56N6O6S2/c1-27(29-11-13-31(14-12-29)37-28(2)44-26-57-37)45-39(52)35-22-32(50)23-49(35)40(53)38(42(3,4)5)47-36(51)10-8-9-20-54-33-17-15-30(16-18-33)34-24-56-41(46-34)48-19-21-55-43(6,7)25-48/h11-18,24,26-27,32,35,38,50H,8-10,19-23,25H2,1-7H3,(H,45,52)(H,47,51). The monoisotopic (exact) mass is 816 g/mol. The summed E-state index contributed by atoms with van der Waals surface area (Å²) in [6, 6.07) is 13.8. The number of morpholine rings is 1. The van der Waals surface area contributed by atoms with E-state index in [1.54, 1.807) is 22.7 Å². The average molecular weight is 817 g/mol. The van der Waals surface area contributed by atoms with Crippen molar-refractivity contribution in [1.29, 1.82) is 0 Å². The Balaban J connectivity index is 0.961. The molecule has 4 unspecified atom stereocenters. The van der Waals surface area contributed by atoms with E-state index in [-0.39, 0.29) is 48.8 Å². The maximum absolute atomic E-state index is 14.1. The van der Waals surface area contributed by atoms with Gasteiger partial charge in [0.1, 0.15) is 17.8 Å². The van der Waals surface area contributed by atoms with Crippen LogP contribution in [0.5, 0.6) is 5.75 Å². The number of nitrogens with one attached hydrogen (secondary N) is 2. The summed E-state index contributed by atoms with van der Waals surface area (Å²) >= 11 is 3.22. The Kier molecular flexibility index (Phi) is 13.4. The summed E-state index contributed by atoms with van der Waals surface area (Å²) in [5.74, 6) is -0.223. The minimum atomic E-state index is -0.880. The predicted octanol–water partition coefficient (Wildman–Crippen LogP) is 6.78. The molecule has 4 atom stereocenters. The number of amides is 3. The summed E-state index contributed by atoms with van der Waals surface area (Å²) in [7, 11) is 0. The molecule has 0 aliphatic carbocycles. The first-order chi connectivity index (χ1) is 27.1. The van der Waals surface area contributed by atoms with Crippen LogP contribution in [0, 0.1) is 12.3 Å². The van der Waals surface area contributed by atoms with E-state index in [4.69, 9.17) is 14.5 Å². The largest absolute Gasteiger partial charge is 0.494 e. The van der Waals surface area contributed by atoms with Crippen LogP contribution in [-0.2, 0) is 19.1 Å². The molecule has 306 valence electrons. The number of unbranched alkanes of at least 4 members (excludes halogenated alkanes) is 1. The Morgan fingerprint density at radius 2 is 1.75 bits per heavy atom. The molecule has 14 heteroatoms. The summed E-state index contributed by atoms with van der Waals surface area (Å²) in [5.41, 5.74) is 5.90. The zero-order chi connectivity index (χ0) is 40.9. The molecule has 0 saturated carbocycles. The van der Waals surface area contributed by atoms with Gasteiger partial charge in [-0.1, -0.05) is 45.0 Å². The van der Waals surface area contributed by atoms with Crippen LogP contribution >= 0.6 is 22.7 Å². The van der Waals surface area contributed by atoms with Gasteiger partial charge in [0.15, 0.2) is 5.13 Å². The third-order valence-electron chi connectivity index (χ3n) is 10.5. The topological polar surface area (TPSA) is 146 Å². The van der Waals surface area contributed by atoms with Gasteiger partial charge in [0.2, 0.25) is 17.7 Å². The third-order valence-corrected chi connectivity index (χ3v) is 12.3. The number of hydrogen-bond donors (Lipinski definition) is 3. The molecule has 6 rings (SSSR count). The Labute approximate surface area is 344 Å². The molecule has 3 N–H and O–H groups in total. The number of carbonyl (C=O) groups excluding carboxylic acids is 3. The first-order valence-corrected chi connectivity index (χ1v) is 21.5. The van der Waals surface area contributed by atoms with Crippen LogP contribution in [0.25, 0.3) is 21.7 Å². The van der Waals surface area contributed by atoms with Gasteiger partial charge in [0, 0.05) is 43.4 Å². The molecule has 0 bridgehead atoms. The number of hydrogen-bond acceptors (Lipinski definition) is 11. The van der Waals surface area contributed by atoms with Crippen LogP contribution in [0.2, 0.25) is 0 Å². The zero-order valence-electron chi connectivity index (χ0n) is 34.0. The molecule has 0 spiro atoms. The lowest BCUT2D eigenvalue weighted by Crippen LogP contribution is -2.57. The SMILES string of the molecule is Cc1ncsc1-c1ccc(C(C)NC(=O)C2CC(O)CN2C(=O)C(NC(=O)CCCCOc2ccc(-c3csc(N4CCOC(C)(C)C4)n3)cc2)C(C)(C)C)cc1. The van der Waals surface area contributed by atoms with E-state index in [0.29, 0.717) is 26.1 Å². The van der Waals surface area contributed by atoms with Crippen LogP contribution in [-0.4, -0.2) is 94.3 Å². The number of likely N-dealkylation sites (tertiary alicyclic amines) is 1. The number of aliphatic hydroxyl groups excluding tert-OH is 1. The van der Waals surface area contributed by atoms with Crippen LogP contribution in [0.3, 0.4) is 0 Å². The lowest BCUT2D eigenvalue weighted by atomic mass is 9.85. The lowest BCUT2D eigenvalue weighted by Gasteiger charge is -2.37. The number of aryl methyl sites for hydroxylation is 1. The maximum Gasteiger partial charge on any atom is 0.246 e. The zero-order valence-corrected chi connectivity index (χ0v) is 35.7. The molecule has 57 heavy (non-hydrogen) atoms. The van der Waals surface area contributed by atoms with Gasteiger partial charge in [-0.05, 0) is 81.3 Å². The number of ether oxygens (including phenoxy) is 2. The number of nitrogens with zero attached hydrogens (tertiary/aromatic N) is 4. The molecular formula is C43H56N6O6S2. The van der Waals surface area contributed by atoms with Crippen molar-refractivity contribution in [2.75, 3.05) is 37.7 Å². The van der Waals surface area contributed by atoms with E-state index in [1.807, 2.05) is 88.7 Å². The Bertz CT molecular complexity index is 1990. The summed E-state index contributed by atoms with van der Waals surface area (Å²) < 4.78 is 11.8.